The summed E-state index contributed by atoms with van der Waals surface area (Å²) in [5.41, 5.74) is 1.24. The molecule has 0 aliphatic carbocycles. The second-order valence-electron chi connectivity index (χ2n) is 4.17. The molecule has 20 heavy (non-hydrogen) atoms. The summed E-state index contributed by atoms with van der Waals surface area (Å²) in [4.78, 5) is 15.2. The second-order valence-corrected chi connectivity index (χ2v) is 5.09. The summed E-state index contributed by atoms with van der Waals surface area (Å²) < 4.78 is 28.8. The zero-order valence-electron chi connectivity index (χ0n) is 9.98. The number of fused-ring (bicyclic) bond motifs is 1. The maximum absolute atomic E-state index is 13.3. The first-order valence-electron chi connectivity index (χ1n) is 5.68. The number of halogens is 3. The standard InChI is InChI=1S/C14H7BrF2N2O/c15-9-2-4-13-12(7-20)18-14(19(13)6-9)8-1-3-10(16)11(17)5-8/h1-7H. The van der Waals surface area contributed by atoms with E-state index < -0.39 is 11.6 Å². The third kappa shape index (κ3) is 2.02. The highest BCUT2D eigenvalue weighted by Gasteiger charge is 2.14. The number of nitrogens with zero attached hydrogens (tertiary/aromatic N) is 2. The minimum absolute atomic E-state index is 0.247. The molecule has 0 saturated carbocycles. The topological polar surface area (TPSA) is 34.4 Å². The molecule has 0 spiro atoms. The summed E-state index contributed by atoms with van der Waals surface area (Å²) in [5.74, 6) is -1.50. The van der Waals surface area contributed by atoms with Crippen LogP contribution in [0.1, 0.15) is 10.5 Å². The number of rotatable bonds is 2. The molecule has 3 nitrogen and oxygen atoms in total. The van der Waals surface area contributed by atoms with Crippen molar-refractivity contribution >= 4 is 27.7 Å². The summed E-state index contributed by atoms with van der Waals surface area (Å²) >= 11 is 3.33. The van der Waals surface area contributed by atoms with Crippen LogP contribution in [0.5, 0.6) is 0 Å². The molecule has 3 aromatic rings. The summed E-state index contributed by atoms with van der Waals surface area (Å²) in [5, 5.41) is 0. The van der Waals surface area contributed by atoms with Crippen molar-refractivity contribution in [3.63, 3.8) is 0 Å². The molecule has 1 aromatic carbocycles. The highest BCUT2D eigenvalue weighted by atomic mass is 79.9. The molecule has 0 fully saturated rings. The molecule has 0 bridgehead atoms. The Morgan fingerprint density at radius 3 is 2.65 bits per heavy atom. The van der Waals surface area contributed by atoms with Crippen LogP contribution < -0.4 is 0 Å². The van der Waals surface area contributed by atoms with E-state index in [4.69, 9.17) is 0 Å². The van der Waals surface area contributed by atoms with E-state index in [-0.39, 0.29) is 5.69 Å². The van der Waals surface area contributed by atoms with Gasteiger partial charge in [-0.05, 0) is 46.3 Å². The highest BCUT2D eigenvalue weighted by molar-refractivity contribution is 9.10. The molecule has 6 heteroatoms. The van der Waals surface area contributed by atoms with Crippen molar-refractivity contribution in [1.29, 1.82) is 0 Å². The number of benzene rings is 1. The first-order valence-corrected chi connectivity index (χ1v) is 6.47. The third-order valence-electron chi connectivity index (χ3n) is 2.92. The molecule has 3 rings (SSSR count). The first-order chi connectivity index (χ1) is 9.60. The average Bonchev–Trinajstić information content (AvgIpc) is 2.79. The number of aromatic nitrogens is 2. The molecule has 0 atom stereocenters. The quantitative estimate of drug-likeness (QED) is 0.666. The van der Waals surface area contributed by atoms with E-state index in [1.54, 1.807) is 22.7 Å². The number of hydrogen-bond donors (Lipinski definition) is 0. The Hall–Kier alpha value is -2.08. The van der Waals surface area contributed by atoms with E-state index in [0.717, 1.165) is 16.6 Å². The lowest BCUT2D eigenvalue weighted by Gasteiger charge is -2.02. The zero-order chi connectivity index (χ0) is 14.3. The third-order valence-corrected chi connectivity index (χ3v) is 3.39. The molecule has 0 aliphatic heterocycles. The summed E-state index contributed by atoms with van der Waals surface area (Å²) in [6.45, 7) is 0. The lowest BCUT2D eigenvalue weighted by Crippen LogP contribution is -1.91. The van der Waals surface area contributed by atoms with Crippen LogP contribution >= 0.6 is 15.9 Å². The number of hydrogen-bond acceptors (Lipinski definition) is 2. The molecular formula is C14H7BrF2N2O. The van der Waals surface area contributed by atoms with Crippen LogP contribution in [0.15, 0.2) is 41.0 Å². The van der Waals surface area contributed by atoms with E-state index in [2.05, 4.69) is 20.9 Å². The van der Waals surface area contributed by atoms with Gasteiger partial charge in [0, 0.05) is 16.2 Å². The van der Waals surface area contributed by atoms with Crippen LogP contribution in [-0.2, 0) is 0 Å². The van der Waals surface area contributed by atoms with Crippen LogP contribution in [-0.4, -0.2) is 15.7 Å². The van der Waals surface area contributed by atoms with Crippen LogP contribution in [0.2, 0.25) is 0 Å². The SMILES string of the molecule is O=Cc1nc(-c2ccc(F)c(F)c2)n2cc(Br)ccc12. The number of carbonyl (C=O) groups is 1. The average molecular weight is 337 g/mol. The van der Waals surface area contributed by atoms with Gasteiger partial charge in [-0.3, -0.25) is 9.20 Å². The van der Waals surface area contributed by atoms with Crippen LogP contribution in [0.4, 0.5) is 8.78 Å². The molecule has 0 N–H and O–H groups in total. The van der Waals surface area contributed by atoms with Crippen molar-refractivity contribution in [3.05, 3.63) is 58.3 Å². The first kappa shape index (κ1) is 12.9. The van der Waals surface area contributed by atoms with E-state index in [0.29, 0.717) is 23.2 Å². The molecule has 0 unspecified atom stereocenters. The summed E-state index contributed by atoms with van der Waals surface area (Å²) in [6.07, 6.45) is 2.35. The maximum Gasteiger partial charge on any atom is 0.170 e. The van der Waals surface area contributed by atoms with Gasteiger partial charge in [-0.2, -0.15) is 0 Å². The Balaban J connectivity index is 2.32. The van der Waals surface area contributed by atoms with Crippen molar-refractivity contribution in [2.45, 2.75) is 0 Å². The minimum atomic E-state index is -0.957. The fraction of sp³-hybridized carbons (Fsp3) is 0. The molecule has 2 heterocycles. The second kappa shape index (κ2) is 4.79. The van der Waals surface area contributed by atoms with Crippen molar-refractivity contribution < 1.29 is 13.6 Å². The Morgan fingerprint density at radius 1 is 1.15 bits per heavy atom. The normalized spacial score (nSPS) is 10.9. The predicted octanol–water partition coefficient (Wildman–Crippen LogP) is 3.85. The molecule has 0 radical (unpaired) electrons. The lowest BCUT2D eigenvalue weighted by molar-refractivity contribution is 0.112. The van der Waals surface area contributed by atoms with Gasteiger partial charge in [0.15, 0.2) is 17.9 Å². The molecule has 2 aromatic heterocycles. The highest BCUT2D eigenvalue weighted by Crippen LogP contribution is 2.25. The van der Waals surface area contributed by atoms with Gasteiger partial charge >= 0.3 is 0 Å². The van der Waals surface area contributed by atoms with E-state index in [1.807, 2.05) is 0 Å². The predicted molar refractivity (Wildman–Crippen MR) is 73.6 cm³/mol. The Bertz CT molecular complexity index is 829. The molecular weight excluding hydrogens is 330 g/mol. The van der Waals surface area contributed by atoms with Gasteiger partial charge in [-0.1, -0.05) is 0 Å². The van der Waals surface area contributed by atoms with Gasteiger partial charge in [-0.25, -0.2) is 13.8 Å². The summed E-state index contributed by atoms with van der Waals surface area (Å²) in [7, 11) is 0. The number of imidazole rings is 1. The van der Waals surface area contributed by atoms with Crippen molar-refractivity contribution in [2.75, 3.05) is 0 Å². The smallest absolute Gasteiger partial charge is 0.170 e. The fourth-order valence-corrected chi connectivity index (χ4v) is 2.35. The molecule has 0 saturated heterocycles. The number of pyridine rings is 1. The van der Waals surface area contributed by atoms with Crippen molar-refractivity contribution in [2.24, 2.45) is 0 Å². The van der Waals surface area contributed by atoms with Gasteiger partial charge < -0.3 is 0 Å². The van der Waals surface area contributed by atoms with Gasteiger partial charge in [0.25, 0.3) is 0 Å². The Morgan fingerprint density at radius 2 is 1.95 bits per heavy atom. The molecule has 0 amide bonds. The monoisotopic (exact) mass is 336 g/mol. The van der Waals surface area contributed by atoms with Crippen LogP contribution in [0.25, 0.3) is 16.9 Å². The van der Waals surface area contributed by atoms with Gasteiger partial charge in [0.05, 0.1) is 5.52 Å². The van der Waals surface area contributed by atoms with E-state index >= 15 is 0 Å². The van der Waals surface area contributed by atoms with Crippen molar-refractivity contribution in [3.8, 4) is 11.4 Å². The van der Waals surface area contributed by atoms with E-state index in [9.17, 15) is 13.6 Å². The molecule has 100 valence electrons. The summed E-state index contributed by atoms with van der Waals surface area (Å²) in [6, 6.07) is 7.01. The number of aldehydes is 1. The minimum Gasteiger partial charge on any atom is -0.298 e. The van der Waals surface area contributed by atoms with Crippen LogP contribution in [0, 0.1) is 11.6 Å². The Labute approximate surface area is 121 Å². The fourth-order valence-electron chi connectivity index (χ4n) is 2.01. The van der Waals surface area contributed by atoms with Gasteiger partial charge in [-0.15, -0.1) is 0 Å². The Kier molecular flexibility index (Phi) is 3.10. The maximum atomic E-state index is 13.3. The lowest BCUT2D eigenvalue weighted by atomic mass is 10.2. The molecule has 0 aliphatic rings. The van der Waals surface area contributed by atoms with E-state index in [1.165, 1.54) is 6.07 Å². The van der Waals surface area contributed by atoms with Crippen LogP contribution in [0.3, 0.4) is 0 Å². The van der Waals surface area contributed by atoms with Gasteiger partial charge in [0.2, 0.25) is 0 Å². The zero-order valence-corrected chi connectivity index (χ0v) is 11.6. The number of carbonyl (C=O) groups excluding carboxylic acids is 1. The largest absolute Gasteiger partial charge is 0.298 e. The van der Waals surface area contributed by atoms with Crippen molar-refractivity contribution in [1.82, 2.24) is 9.38 Å². The van der Waals surface area contributed by atoms with Gasteiger partial charge in [0.1, 0.15) is 11.5 Å².